The number of aliphatic hydroxyl groups excluding tert-OH is 1. The largest absolute Gasteiger partial charge is 0.491 e. The molecule has 0 fully saturated rings. The van der Waals surface area contributed by atoms with E-state index in [1.54, 1.807) is 0 Å². The maximum absolute atomic E-state index is 12.7. The molecule has 0 bridgehead atoms. The lowest BCUT2D eigenvalue weighted by atomic mass is 10.3. The van der Waals surface area contributed by atoms with E-state index in [0.29, 0.717) is 12.2 Å². The molecule has 0 aliphatic carbocycles. The summed E-state index contributed by atoms with van der Waals surface area (Å²) < 4.78 is 17.9. The van der Waals surface area contributed by atoms with Crippen LogP contribution in [0.5, 0.6) is 5.75 Å². The van der Waals surface area contributed by atoms with Gasteiger partial charge in [0.1, 0.15) is 18.2 Å². The zero-order chi connectivity index (χ0) is 10.6. The molecule has 1 N–H and O–H groups in total. The third kappa shape index (κ3) is 3.16. The highest BCUT2D eigenvalue weighted by atomic mass is 35.5. The fraction of sp³-hybridized carbons (Fsp3) is 0.400. The molecule has 4 heteroatoms. The van der Waals surface area contributed by atoms with Gasteiger partial charge in [-0.25, -0.2) is 4.39 Å². The molecule has 0 saturated heterocycles. The second-order valence-corrected chi connectivity index (χ2v) is 3.36. The summed E-state index contributed by atoms with van der Waals surface area (Å²) in [4.78, 5) is 0. The summed E-state index contributed by atoms with van der Waals surface area (Å²) in [5.74, 6) is -0.0149. The third-order valence-corrected chi connectivity index (χ3v) is 2.09. The van der Waals surface area contributed by atoms with Crippen LogP contribution >= 0.6 is 11.6 Å². The van der Waals surface area contributed by atoms with Crippen LogP contribution in [-0.4, -0.2) is 17.8 Å². The number of hydrogen-bond acceptors (Lipinski definition) is 2. The Morgan fingerprint density at radius 3 is 2.86 bits per heavy atom. The van der Waals surface area contributed by atoms with Gasteiger partial charge in [-0.1, -0.05) is 18.5 Å². The van der Waals surface area contributed by atoms with Crippen molar-refractivity contribution in [3.05, 3.63) is 29.0 Å². The van der Waals surface area contributed by atoms with Crippen LogP contribution in [0.15, 0.2) is 18.2 Å². The van der Waals surface area contributed by atoms with E-state index in [-0.39, 0.29) is 11.6 Å². The van der Waals surface area contributed by atoms with Crippen LogP contribution in [0.4, 0.5) is 4.39 Å². The first-order valence-corrected chi connectivity index (χ1v) is 4.77. The van der Waals surface area contributed by atoms with E-state index in [9.17, 15) is 9.50 Å². The van der Waals surface area contributed by atoms with Gasteiger partial charge >= 0.3 is 0 Å². The average molecular weight is 219 g/mol. The molecule has 0 radical (unpaired) electrons. The zero-order valence-electron chi connectivity index (χ0n) is 7.84. The predicted octanol–water partition coefficient (Wildman–Crippen LogP) is 2.63. The van der Waals surface area contributed by atoms with Gasteiger partial charge in [-0.05, 0) is 18.6 Å². The number of benzene rings is 1. The van der Waals surface area contributed by atoms with Gasteiger partial charge in [0.2, 0.25) is 0 Å². The Morgan fingerprint density at radius 1 is 1.57 bits per heavy atom. The molecule has 78 valence electrons. The van der Waals surface area contributed by atoms with Crippen molar-refractivity contribution in [2.45, 2.75) is 19.4 Å². The van der Waals surface area contributed by atoms with Crippen molar-refractivity contribution in [2.75, 3.05) is 6.61 Å². The van der Waals surface area contributed by atoms with Gasteiger partial charge in [0.05, 0.1) is 11.1 Å². The van der Waals surface area contributed by atoms with E-state index in [0.717, 1.165) is 0 Å². The molecule has 0 aliphatic heterocycles. The standard InChI is InChI=1S/C10H12ClFO2/c1-2-7(13)6-14-8-3-4-10(12)9(11)5-8/h3-5,7,13H,2,6H2,1H3/t7-/m0/s1. The summed E-state index contributed by atoms with van der Waals surface area (Å²) in [6.45, 7) is 2.05. The first kappa shape index (κ1) is 11.3. The molecule has 0 aliphatic rings. The Kier molecular flexibility index (Phi) is 4.17. The SMILES string of the molecule is CC[C@H](O)COc1ccc(F)c(Cl)c1. The summed E-state index contributed by atoms with van der Waals surface area (Å²) in [6.07, 6.45) is 0.119. The van der Waals surface area contributed by atoms with Gasteiger partial charge in [0.25, 0.3) is 0 Å². The molecule has 0 amide bonds. The van der Waals surface area contributed by atoms with Crippen molar-refractivity contribution in [3.8, 4) is 5.75 Å². The Labute approximate surface area is 87.3 Å². The van der Waals surface area contributed by atoms with Crippen molar-refractivity contribution in [1.29, 1.82) is 0 Å². The fourth-order valence-corrected chi connectivity index (χ4v) is 1.05. The summed E-state index contributed by atoms with van der Waals surface area (Å²) in [6, 6.07) is 4.10. The van der Waals surface area contributed by atoms with Crippen molar-refractivity contribution < 1.29 is 14.2 Å². The second kappa shape index (κ2) is 5.17. The second-order valence-electron chi connectivity index (χ2n) is 2.95. The predicted molar refractivity (Wildman–Crippen MR) is 53.2 cm³/mol. The molecule has 1 rings (SSSR count). The van der Waals surface area contributed by atoms with E-state index < -0.39 is 11.9 Å². The lowest BCUT2D eigenvalue weighted by Gasteiger charge is -2.10. The van der Waals surface area contributed by atoms with Gasteiger partial charge < -0.3 is 9.84 Å². The molecule has 0 saturated carbocycles. The van der Waals surface area contributed by atoms with Crippen LogP contribution in [0.1, 0.15) is 13.3 Å². The maximum Gasteiger partial charge on any atom is 0.142 e. The summed E-state index contributed by atoms with van der Waals surface area (Å²) in [5.41, 5.74) is 0. The Balaban J connectivity index is 2.55. The Bertz CT molecular complexity index is 304. The molecule has 14 heavy (non-hydrogen) atoms. The van der Waals surface area contributed by atoms with Crippen molar-refractivity contribution in [2.24, 2.45) is 0 Å². The van der Waals surface area contributed by atoms with Crippen LogP contribution in [0, 0.1) is 5.82 Å². The van der Waals surface area contributed by atoms with Crippen LogP contribution < -0.4 is 4.74 Å². The monoisotopic (exact) mass is 218 g/mol. The topological polar surface area (TPSA) is 29.5 Å². The lowest BCUT2D eigenvalue weighted by molar-refractivity contribution is 0.104. The molecule has 1 aromatic carbocycles. The summed E-state index contributed by atoms with van der Waals surface area (Å²) in [7, 11) is 0. The molecule has 1 atom stereocenters. The number of halogens is 2. The zero-order valence-corrected chi connectivity index (χ0v) is 8.59. The molecule has 0 aromatic heterocycles. The minimum Gasteiger partial charge on any atom is -0.491 e. The van der Waals surface area contributed by atoms with Crippen LogP contribution in [0.3, 0.4) is 0 Å². The van der Waals surface area contributed by atoms with Gasteiger partial charge in [-0.3, -0.25) is 0 Å². The van der Waals surface area contributed by atoms with E-state index in [1.807, 2.05) is 6.92 Å². The Morgan fingerprint density at radius 2 is 2.29 bits per heavy atom. The molecular formula is C10H12ClFO2. The van der Waals surface area contributed by atoms with Crippen molar-refractivity contribution in [3.63, 3.8) is 0 Å². The van der Waals surface area contributed by atoms with Crippen molar-refractivity contribution >= 4 is 11.6 Å². The summed E-state index contributed by atoms with van der Waals surface area (Å²) >= 11 is 5.55. The van der Waals surface area contributed by atoms with Crippen LogP contribution in [-0.2, 0) is 0 Å². The third-order valence-electron chi connectivity index (χ3n) is 1.80. The summed E-state index contributed by atoms with van der Waals surface area (Å²) in [5, 5.41) is 9.23. The van der Waals surface area contributed by atoms with E-state index >= 15 is 0 Å². The van der Waals surface area contributed by atoms with Crippen LogP contribution in [0.25, 0.3) is 0 Å². The number of ether oxygens (including phenoxy) is 1. The van der Waals surface area contributed by atoms with Crippen LogP contribution in [0.2, 0.25) is 5.02 Å². The average Bonchev–Trinajstić information content (AvgIpc) is 2.19. The van der Waals surface area contributed by atoms with Gasteiger partial charge in [-0.15, -0.1) is 0 Å². The highest BCUT2D eigenvalue weighted by Crippen LogP contribution is 2.21. The quantitative estimate of drug-likeness (QED) is 0.842. The van der Waals surface area contributed by atoms with Gasteiger partial charge in [0, 0.05) is 6.07 Å². The molecule has 2 nitrogen and oxygen atoms in total. The number of hydrogen-bond donors (Lipinski definition) is 1. The minimum atomic E-state index is -0.501. The fourth-order valence-electron chi connectivity index (χ4n) is 0.877. The molecule has 1 aromatic rings. The molecule has 0 spiro atoms. The number of aliphatic hydroxyl groups is 1. The van der Waals surface area contributed by atoms with Gasteiger partial charge in [0.15, 0.2) is 0 Å². The maximum atomic E-state index is 12.7. The molecule has 0 unspecified atom stereocenters. The van der Waals surface area contributed by atoms with E-state index in [4.69, 9.17) is 16.3 Å². The highest BCUT2D eigenvalue weighted by Gasteiger charge is 2.04. The van der Waals surface area contributed by atoms with Gasteiger partial charge in [-0.2, -0.15) is 0 Å². The Hall–Kier alpha value is -0.800. The van der Waals surface area contributed by atoms with E-state index in [1.165, 1.54) is 18.2 Å². The lowest BCUT2D eigenvalue weighted by Crippen LogP contribution is -2.15. The van der Waals surface area contributed by atoms with E-state index in [2.05, 4.69) is 0 Å². The first-order chi connectivity index (χ1) is 6.63. The molecular weight excluding hydrogens is 207 g/mol. The minimum absolute atomic E-state index is 0.0217. The first-order valence-electron chi connectivity index (χ1n) is 4.39. The normalized spacial score (nSPS) is 12.6. The highest BCUT2D eigenvalue weighted by molar-refractivity contribution is 6.30. The smallest absolute Gasteiger partial charge is 0.142 e. The molecule has 0 heterocycles. The van der Waals surface area contributed by atoms with Crippen molar-refractivity contribution in [1.82, 2.24) is 0 Å². The number of rotatable bonds is 4.